The van der Waals surface area contributed by atoms with Crippen LogP contribution in [0, 0.1) is 11.8 Å². The largest absolute Gasteiger partial charge is 0.465 e. The SMILES string of the molecule is C[C@H]1[C@@H](NC(=O)[C@@H](C)OC(=O)/C=C/c2ccco2)CCC[C@@H]1C. The number of nitrogens with one attached hydrogen (secondary N) is 1. The van der Waals surface area contributed by atoms with Crippen molar-refractivity contribution in [1.29, 1.82) is 0 Å². The second-order valence-electron chi connectivity index (χ2n) is 6.31. The predicted molar refractivity (Wildman–Crippen MR) is 87.4 cm³/mol. The molecule has 5 heteroatoms. The molecule has 1 aromatic rings. The zero-order valence-electron chi connectivity index (χ0n) is 14.0. The Bertz CT molecular complexity index is 549. The fourth-order valence-corrected chi connectivity index (χ4v) is 2.89. The van der Waals surface area contributed by atoms with Crippen LogP contribution in [0.4, 0.5) is 0 Å². The standard InChI is InChI=1S/C18H25NO4/c1-12-6-4-8-16(13(12)2)19-18(21)14(3)23-17(20)10-9-15-7-5-11-22-15/h5,7,9-14,16H,4,6,8H2,1-3H3,(H,19,21)/b10-9+/t12-,13+,14+,16-/m0/s1. The molecular weight excluding hydrogens is 294 g/mol. The quantitative estimate of drug-likeness (QED) is 0.668. The molecular formula is C18H25NO4. The Morgan fingerprint density at radius 3 is 2.87 bits per heavy atom. The van der Waals surface area contributed by atoms with Crippen molar-refractivity contribution in [2.75, 3.05) is 0 Å². The van der Waals surface area contributed by atoms with Crippen molar-refractivity contribution < 1.29 is 18.7 Å². The first-order chi connectivity index (χ1) is 11.0. The van der Waals surface area contributed by atoms with Gasteiger partial charge in [0.2, 0.25) is 0 Å². The molecule has 0 bridgehead atoms. The van der Waals surface area contributed by atoms with Crippen molar-refractivity contribution in [2.24, 2.45) is 11.8 Å². The zero-order valence-corrected chi connectivity index (χ0v) is 14.0. The normalized spacial score (nSPS) is 26.0. The van der Waals surface area contributed by atoms with Crippen molar-refractivity contribution in [2.45, 2.75) is 52.2 Å². The summed E-state index contributed by atoms with van der Waals surface area (Å²) in [5, 5.41) is 3.02. The van der Waals surface area contributed by atoms with Gasteiger partial charge in [-0.1, -0.05) is 26.7 Å². The second kappa shape index (κ2) is 7.99. The van der Waals surface area contributed by atoms with E-state index in [2.05, 4.69) is 19.2 Å². The summed E-state index contributed by atoms with van der Waals surface area (Å²) in [6.07, 6.45) is 6.79. The molecule has 0 saturated heterocycles. The summed E-state index contributed by atoms with van der Waals surface area (Å²) in [6.45, 7) is 5.97. The van der Waals surface area contributed by atoms with Crippen LogP contribution in [0.2, 0.25) is 0 Å². The Morgan fingerprint density at radius 2 is 2.17 bits per heavy atom. The molecule has 1 saturated carbocycles. The van der Waals surface area contributed by atoms with Crippen LogP contribution >= 0.6 is 0 Å². The van der Waals surface area contributed by atoms with Crippen LogP contribution in [0.3, 0.4) is 0 Å². The van der Waals surface area contributed by atoms with E-state index in [9.17, 15) is 9.59 Å². The number of carbonyl (C=O) groups excluding carboxylic acids is 2. The molecule has 1 fully saturated rings. The highest BCUT2D eigenvalue weighted by Crippen LogP contribution is 2.29. The van der Waals surface area contributed by atoms with E-state index in [0.717, 1.165) is 12.8 Å². The number of esters is 1. The summed E-state index contributed by atoms with van der Waals surface area (Å²) >= 11 is 0. The lowest BCUT2D eigenvalue weighted by Gasteiger charge is -2.35. The molecule has 0 aromatic carbocycles. The number of ether oxygens (including phenoxy) is 1. The molecule has 1 N–H and O–H groups in total. The van der Waals surface area contributed by atoms with Crippen LogP contribution in [0.5, 0.6) is 0 Å². The van der Waals surface area contributed by atoms with Gasteiger partial charge in [-0.05, 0) is 43.4 Å². The Labute approximate surface area is 137 Å². The summed E-state index contributed by atoms with van der Waals surface area (Å²) in [7, 11) is 0. The van der Waals surface area contributed by atoms with Gasteiger partial charge >= 0.3 is 5.97 Å². The van der Waals surface area contributed by atoms with Gasteiger partial charge in [-0.2, -0.15) is 0 Å². The first kappa shape index (κ1) is 17.3. The third-order valence-corrected chi connectivity index (χ3v) is 4.62. The molecule has 2 rings (SSSR count). The lowest BCUT2D eigenvalue weighted by atomic mass is 9.78. The maximum absolute atomic E-state index is 12.2. The van der Waals surface area contributed by atoms with E-state index in [-0.39, 0.29) is 11.9 Å². The average molecular weight is 319 g/mol. The maximum atomic E-state index is 12.2. The molecule has 0 radical (unpaired) electrons. The van der Waals surface area contributed by atoms with E-state index in [1.165, 1.54) is 24.8 Å². The Hall–Kier alpha value is -2.04. The number of hydrogen-bond donors (Lipinski definition) is 1. The molecule has 1 aromatic heterocycles. The van der Waals surface area contributed by atoms with Crippen LogP contribution in [-0.4, -0.2) is 24.0 Å². The molecule has 4 atom stereocenters. The minimum Gasteiger partial charge on any atom is -0.465 e. The van der Waals surface area contributed by atoms with Crippen LogP contribution in [0.15, 0.2) is 28.9 Å². The monoisotopic (exact) mass is 319 g/mol. The molecule has 1 aliphatic carbocycles. The van der Waals surface area contributed by atoms with Gasteiger partial charge in [-0.25, -0.2) is 4.79 Å². The Kier molecular flexibility index (Phi) is 6.02. The molecule has 1 aliphatic rings. The summed E-state index contributed by atoms with van der Waals surface area (Å²) in [5.41, 5.74) is 0. The van der Waals surface area contributed by atoms with Gasteiger partial charge in [0.15, 0.2) is 6.10 Å². The van der Waals surface area contributed by atoms with E-state index >= 15 is 0 Å². The molecule has 23 heavy (non-hydrogen) atoms. The number of hydrogen-bond acceptors (Lipinski definition) is 4. The van der Waals surface area contributed by atoms with Gasteiger partial charge in [0.25, 0.3) is 5.91 Å². The van der Waals surface area contributed by atoms with E-state index in [1.807, 2.05) is 0 Å². The van der Waals surface area contributed by atoms with E-state index in [0.29, 0.717) is 17.6 Å². The zero-order chi connectivity index (χ0) is 16.8. The molecule has 1 heterocycles. The van der Waals surface area contributed by atoms with E-state index in [1.54, 1.807) is 19.1 Å². The van der Waals surface area contributed by atoms with Gasteiger partial charge < -0.3 is 14.5 Å². The van der Waals surface area contributed by atoms with Crippen LogP contribution in [0.1, 0.15) is 45.8 Å². The summed E-state index contributed by atoms with van der Waals surface area (Å²) in [6, 6.07) is 3.62. The first-order valence-electron chi connectivity index (χ1n) is 8.20. The van der Waals surface area contributed by atoms with Crippen molar-refractivity contribution >= 4 is 18.0 Å². The topological polar surface area (TPSA) is 68.5 Å². The number of carbonyl (C=O) groups is 2. The maximum Gasteiger partial charge on any atom is 0.331 e. The van der Waals surface area contributed by atoms with Crippen molar-refractivity contribution in [3.8, 4) is 0 Å². The highest BCUT2D eigenvalue weighted by atomic mass is 16.5. The van der Waals surface area contributed by atoms with Crippen LogP contribution in [-0.2, 0) is 14.3 Å². The van der Waals surface area contributed by atoms with Crippen LogP contribution in [0.25, 0.3) is 6.08 Å². The minimum absolute atomic E-state index is 0.158. The van der Waals surface area contributed by atoms with Gasteiger partial charge in [0, 0.05) is 12.1 Å². The molecule has 5 nitrogen and oxygen atoms in total. The lowest BCUT2D eigenvalue weighted by Crippen LogP contribution is -2.47. The summed E-state index contributed by atoms with van der Waals surface area (Å²) < 4.78 is 10.2. The molecule has 0 unspecified atom stereocenters. The Balaban J connectivity index is 1.81. The highest BCUT2D eigenvalue weighted by Gasteiger charge is 2.29. The first-order valence-corrected chi connectivity index (χ1v) is 8.20. The van der Waals surface area contributed by atoms with Gasteiger partial charge in [0.1, 0.15) is 5.76 Å². The van der Waals surface area contributed by atoms with Crippen LogP contribution < -0.4 is 5.32 Å². The lowest BCUT2D eigenvalue weighted by molar-refractivity contribution is -0.150. The Morgan fingerprint density at radius 1 is 1.39 bits per heavy atom. The second-order valence-corrected chi connectivity index (χ2v) is 6.31. The third kappa shape index (κ3) is 4.98. The third-order valence-electron chi connectivity index (χ3n) is 4.62. The number of furan rings is 1. The highest BCUT2D eigenvalue weighted by molar-refractivity contribution is 5.90. The van der Waals surface area contributed by atoms with Gasteiger partial charge in [0.05, 0.1) is 6.26 Å². The van der Waals surface area contributed by atoms with Crippen molar-refractivity contribution in [3.05, 3.63) is 30.2 Å². The van der Waals surface area contributed by atoms with E-state index in [4.69, 9.17) is 9.15 Å². The summed E-state index contributed by atoms with van der Waals surface area (Å²) in [5.74, 6) is 0.798. The molecule has 0 spiro atoms. The average Bonchev–Trinajstić information content (AvgIpc) is 3.03. The molecule has 0 aliphatic heterocycles. The fraction of sp³-hybridized carbons (Fsp3) is 0.556. The number of rotatable bonds is 5. The van der Waals surface area contributed by atoms with Gasteiger partial charge in [-0.15, -0.1) is 0 Å². The van der Waals surface area contributed by atoms with Crippen molar-refractivity contribution in [1.82, 2.24) is 5.32 Å². The molecule has 126 valence electrons. The fourth-order valence-electron chi connectivity index (χ4n) is 2.89. The van der Waals surface area contributed by atoms with E-state index < -0.39 is 12.1 Å². The minimum atomic E-state index is -0.812. The summed E-state index contributed by atoms with van der Waals surface area (Å²) in [4.78, 5) is 23.9. The smallest absolute Gasteiger partial charge is 0.331 e. The molecule has 1 amide bonds. The van der Waals surface area contributed by atoms with Gasteiger partial charge in [-0.3, -0.25) is 4.79 Å². The number of amides is 1. The van der Waals surface area contributed by atoms with Crippen molar-refractivity contribution in [3.63, 3.8) is 0 Å². The predicted octanol–water partition coefficient (Wildman–Crippen LogP) is 3.17.